The van der Waals surface area contributed by atoms with Crippen molar-refractivity contribution in [2.24, 2.45) is 0 Å². The van der Waals surface area contributed by atoms with Gasteiger partial charge in [0.05, 0.1) is 10.0 Å². The number of nitrogens with zero attached hydrogens (tertiary/aromatic N) is 3. The fraction of sp³-hybridized carbons (Fsp3) is 0.333. The minimum atomic E-state index is 0.136. The zero-order valence-corrected chi connectivity index (χ0v) is 16.5. The number of imidazole rings is 1. The maximum atomic E-state index is 12.7. The largest absolute Gasteiger partial charge is 0.339 e. The van der Waals surface area contributed by atoms with Crippen LogP contribution in [-0.4, -0.2) is 33.3 Å². The molecule has 0 N–H and O–H groups in total. The number of hydrogen-bond acceptors (Lipinski definition) is 2. The van der Waals surface area contributed by atoms with Gasteiger partial charge < -0.3 is 9.30 Å². The van der Waals surface area contributed by atoms with Crippen LogP contribution in [0.3, 0.4) is 0 Å². The summed E-state index contributed by atoms with van der Waals surface area (Å²) in [5.74, 6) is 0.136. The molecule has 0 bridgehead atoms. The molecular formula is C21H21Cl2N3O. The molecular weight excluding hydrogens is 381 g/mol. The van der Waals surface area contributed by atoms with Crippen molar-refractivity contribution < 1.29 is 4.79 Å². The number of halogens is 2. The van der Waals surface area contributed by atoms with Crippen LogP contribution in [0, 0.1) is 0 Å². The van der Waals surface area contributed by atoms with Gasteiger partial charge in [0, 0.05) is 43.2 Å². The molecule has 0 saturated carbocycles. The molecule has 0 radical (unpaired) electrons. The van der Waals surface area contributed by atoms with Crippen molar-refractivity contribution in [2.75, 3.05) is 13.1 Å². The van der Waals surface area contributed by atoms with E-state index in [1.165, 1.54) is 12.8 Å². The van der Waals surface area contributed by atoms with E-state index in [0.717, 1.165) is 42.8 Å². The smallest absolute Gasteiger partial charge is 0.253 e. The van der Waals surface area contributed by atoms with E-state index in [9.17, 15) is 4.79 Å². The average molecular weight is 402 g/mol. The third kappa shape index (κ3) is 3.97. The van der Waals surface area contributed by atoms with E-state index in [-0.39, 0.29) is 5.91 Å². The topological polar surface area (TPSA) is 37.6 Å². The molecule has 3 aromatic rings. The molecule has 0 spiro atoms. The summed E-state index contributed by atoms with van der Waals surface area (Å²) in [6.45, 7) is 1.73. The second-order valence-electron chi connectivity index (χ2n) is 7.03. The second-order valence-corrected chi connectivity index (χ2v) is 7.87. The predicted molar refractivity (Wildman–Crippen MR) is 109 cm³/mol. The van der Waals surface area contributed by atoms with Crippen LogP contribution >= 0.6 is 23.2 Å². The number of hydrogen-bond donors (Lipinski definition) is 0. The van der Waals surface area contributed by atoms with Crippen LogP contribution < -0.4 is 0 Å². The molecule has 0 unspecified atom stereocenters. The standard InChI is InChI=1S/C21H21Cl2N3O/c22-17-12-19(23)20-24-13-18(26(20)14-17)11-15-5-7-16(8-6-15)21(27)25-9-3-1-2-4-10-25/h5-8,12-14H,1-4,9-11H2. The lowest BCUT2D eigenvalue weighted by molar-refractivity contribution is 0.0761. The number of amides is 1. The number of pyridine rings is 1. The molecule has 1 amide bonds. The minimum Gasteiger partial charge on any atom is -0.339 e. The molecule has 1 saturated heterocycles. The van der Waals surface area contributed by atoms with E-state index >= 15 is 0 Å². The Morgan fingerprint density at radius 3 is 2.44 bits per heavy atom. The SMILES string of the molecule is O=C(c1ccc(Cc2cnc3c(Cl)cc(Cl)cn23)cc1)N1CCCCCC1. The predicted octanol–water partition coefficient (Wildman–Crippen LogP) is 5.25. The highest BCUT2D eigenvalue weighted by Crippen LogP contribution is 2.23. The first kappa shape index (κ1) is 18.3. The van der Waals surface area contributed by atoms with E-state index in [4.69, 9.17) is 23.2 Å². The quantitative estimate of drug-likeness (QED) is 0.600. The summed E-state index contributed by atoms with van der Waals surface area (Å²) in [6, 6.07) is 9.56. The highest BCUT2D eigenvalue weighted by atomic mass is 35.5. The molecule has 0 aliphatic carbocycles. The molecule has 4 rings (SSSR count). The first-order chi connectivity index (χ1) is 13.1. The minimum absolute atomic E-state index is 0.136. The summed E-state index contributed by atoms with van der Waals surface area (Å²) in [5.41, 5.74) is 3.57. The second kappa shape index (κ2) is 7.91. The van der Waals surface area contributed by atoms with Crippen LogP contribution in [-0.2, 0) is 6.42 Å². The van der Waals surface area contributed by atoms with Gasteiger partial charge >= 0.3 is 0 Å². The van der Waals surface area contributed by atoms with Crippen molar-refractivity contribution in [1.29, 1.82) is 0 Å². The van der Waals surface area contributed by atoms with Crippen molar-refractivity contribution in [3.05, 3.63) is 69.6 Å². The number of fused-ring (bicyclic) bond motifs is 1. The van der Waals surface area contributed by atoms with Crippen molar-refractivity contribution in [2.45, 2.75) is 32.1 Å². The molecule has 3 heterocycles. The van der Waals surface area contributed by atoms with Crippen molar-refractivity contribution in [3.8, 4) is 0 Å². The number of aromatic nitrogens is 2. The van der Waals surface area contributed by atoms with Crippen LogP contribution in [0.5, 0.6) is 0 Å². The molecule has 1 aliphatic heterocycles. The van der Waals surface area contributed by atoms with Gasteiger partial charge in [0.2, 0.25) is 0 Å². The number of benzene rings is 1. The van der Waals surface area contributed by atoms with Gasteiger partial charge in [0.15, 0.2) is 5.65 Å². The molecule has 0 atom stereocenters. The lowest BCUT2D eigenvalue weighted by Crippen LogP contribution is -2.31. The zero-order valence-electron chi connectivity index (χ0n) is 15.0. The summed E-state index contributed by atoms with van der Waals surface area (Å²) < 4.78 is 1.92. The van der Waals surface area contributed by atoms with Crippen LogP contribution in [0.25, 0.3) is 5.65 Å². The lowest BCUT2D eigenvalue weighted by Gasteiger charge is -2.20. The normalized spacial score (nSPS) is 15.1. The molecule has 1 fully saturated rings. The number of rotatable bonds is 3. The van der Waals surface area contributed by atoms with Crippen molar-refractivity contribution in [1.82, 2.24) is 14.3 Å². The average Bonchev–Trinajstić information content (AvgIpc) is 2.89. The fourth-order valence-electron chi connectivity index (χ4n) is 3.62. The Hall–Kier alpha value is -2.04. The molecule has 1 aromatic carbocycles. The third-order valence-corrected chi connectivity index (χ3v) is 5.57. The van der Waals surface area contributed by atoms with E-state index in [1.807, 2.05) is 46.0 Å². The summed E-state index contributed by atoms with van der Waals surface area (Å²) in [5, 5.41) is 1.11. The van der Waals surface area contributed by atoms with Gasteiger partial charge in [-0.2, -0.15) is 0 Å². The molecule has 6 heteroatoms. The number of carbonyl (C=O) groups excluding carboxylic acids is 1. The Labute approximate surface area is 168 Å². The number of carbonyl (C=O) groups is 1. The van der Waals surface area contributed by atoms with E-state index in [0.29, 0.717) is 22.1 Å². The first-order valence-corrected chi connectivity index (χ1v) is 10.1. The number of likely N-dealkylation sites (tertiary alicyclic amines) is 1. The van der Waals surface area contributed by atoms with E-state index in [1.54, 1.807) is 6.07 Å². The maximum absolute atomic E-state index is 12.7. The molecule has 140 valence electrons. The van der Waals surface area contributed by atoms with Gasteiger partial charge in [0.25, 0.3) is 5.91 Å². The summed E-state index contributed by atoms with van der Waals surface area (Å²) in [4.78, 5) is 19.1. The Kier molecular flexibility index (Phi) is 5.37. The van der Waals surface area contributed by atoms with Gasteiger partial charge in [-0.3, -0.25) is 4.79 Å². The highest BCUT2D eigenvalue weighted by molar-refractivity contribution is 6.36. The highest BCUT2D eigenvalue weighted by Gasteiger charge is 2.17. The van der Waals surface area contributed by atoms with Crippen LogP contribution in [0.1, 0.15) is 47.3 Å². The third-order valence-electron chi connectivity index (χ3n) is 5.08. The molecule has 4 nitrogen and oxygen atoms in total. The Balaban J connectivity index is 1.52. The summed E-state index contributed by atoms with van der Waals surface area (Å²) in [7, 11) is 0. The monoisotopic (exact) mass is 401 g/mol. The molecule has 2 aromatic heterocycles. The van der Waals surface area contributed by atoms with E-state index < -0.39 is 0 Å². The lowest BCUT2D eigenvalue weighted by atomic mass is 10.1. The van der Waals surface area contributed by atoms with Gasteiger partial charge in [-0.25, -0.2) is 4.98 Å². The van der Waals surface area contributed by atoms with Crippen molar-refractivity contribution in [3.63, 3.8) is 0 Å². The molecule has 27 heavy (non-hydrogen) atoms. The van der Waals surface area contributed by atoms with Crippen LogP contribution in [0.15, 0.2) is 42.7 Å². The van der Waals surface area contributed by atoms with Crippen molar-refractivity contribution >= 4 is 34.8 Å². The fourth-order valence-corrected chi connectivity index (χ4v) is 4.14. The van der Waals surface area contributed by atoms with Crippen LogP contribution in [0.2, 0.25) is 10.0 Å². The Morgan fingerprint density at radius 2 is 1.74 bits per heavy atom. The van der Waals surface area contributed by atoms with Gasteiger partial charge in [0.1, 0.15) is 0 Å². The Bertz CT molecular complexity index is 957. The summed E-state index contributed by atoms with van der Waals surface area (Å²) >= 11 is 12.3. The van der Waals surface area contributed by atoms with Gasteiger partial charge in [-0.15, -0.1) is 0 Å². The zero-order chi connectivity index (χ0) is 18.8. The Morgan fingerprint density at radius 1 is 1.04 bits per heavy atom. The molecule has 1 aliphatic rings. The van der Waals surface area contributed by atoms with Gasteiger partial charge in [-0.05, 0) is 36.6 Å². The van der Waals surface area contributed by atoms with Crippen LogP contribution in [0.4, 0.5) is 0 Å². The first-order valence-electron chi connectivity index (χ1n) is 9.31. The summed E-state index contributed by atoms with van der Waals surface area (Å²) in [6.07, 6.45) is 8.96. The van der Waals surface area contributed by atoms with E-state index in [2.05, 4.69) is 4.98 Å². The maximum Gasteiger partial charge on any atom is 0.253 e. The van der Waals surface area contributed by atoms with Gasteiger partial charge in [-0.1, -0.05) is 48.2 Å².